The van der Waals surface area contributed by atoms with Gasteiger partial charge in [0, 0.05) is 9.79 Å². The molecule has 88 valence electrons. The fraction of sp³-hybridized carbons (Fsp3) is 0.0769. The number of aliphatic hydroxyl groups is 1. The van der Waals surface area contributed by atoms with Crippen molar-refractivity contribution in [3.8, 4) is 0 Å². The van der Waals surface area contributed by atoms with Crippen LogP contribution in [0.1, 0.15) is 5.56 Å². The third kappa shape index (κ3) is 3.22. The first-order chi connectivity index (χ1) is 8.19. The Bertz CT molecular complexity index is 531. The topological polar surface area (TPSA) is 20.2 Å². The number of halogens is 2. The predicted octanol–water partition coefficient (Wildman–Crippen LogP) is 4.12. The SMILES string of the molecule is OCc1cc(F)cc(Sc2ccccc2Cl)c1. The van der Waals surface area contributed by atoms with Crippen LogP contribution in [0.15, 0.2) is 52.3 Å². The standard InChI is InChI=1S/C13H10ClFOS/c14-12-3-1-2-4-13(12)17-11-6-9(8-16)5-10(15)7-11/h1-7,16H,8H2. The molecule has 0 saturated heterocycles. The van der Waals surface area contributed by atoms with Gasteiger partial charge < -0.3 is 5.11 Å². The van der Waals surface area contributed by atoms with Crippen LogP contribution in [-0.4, -0.2) is 5.11 Å². The molecule has 17 heavy (non-hydrogen) atoms. The van der Waals surface area contributed by atoms with E-state index in [1.54, 1.807) is 12.1 Å². The third-order valence-electron chi connectivity index (χ3n) is 2.18. The molecule has 0 radical (unpaired) electrons. The summed E-state index contributed by atoms with van der Waals surface area (Å²) in [5.74, 6) is -0.355. The largest absolute Gasteiger partial charge is 0.392 e. The zero-order valence-corrected chi connectivity index (χ0v) is 10.4. The van der Waals surface area contributed by atoms with Gasteiger partial charge in [0.1, 0.15) is 5.82 Å². The lowest BCUT2D eigenvalue weighted by molar-refractivity contribution is 0.281. The van der Waals surface area contributed by atoms with Gasteiger partial charge in [-0.2, -0.15) is 0 Å². The zero-order chi connectivity index (χ0) is 12.3. The summed E-state index contributed by atoms with van der Waals surface area (Å²) in [6, 6.07) is 11.9. The quantitative estimate of drug-likeness (QED) is 0.903. The van der Waals surface area contributed by atoms with Crippen LogP contribution in [0.3, 0.4) is 0 Å². The maximum absolute atomic E-state index is 13.3. The Kier molecular flexibility index (Phi) is 4.05. The van der Waals surface area contributed by atoms with E-state index in [2.05, 4.69) is 0 Å². The van der Waals surface area contributed by atoms with Gasteiger partial charge in [0.15, 0.2) is 0 Å². The average Bonchev–Trinajstić information content (AvgIpc) is 2.31. The third-order valence-corrected chi connectivity index (χ3v) is 3.67. The molecule has 0 aliphatic rings. The highest BCUT2D eigenvalue weighted by Crippen LogP contribution is 2.33. The van der Waals surface area contributed by atoms with Crippen LogP contribution < -0.4 is 0 Å². The minimum absolute atomic E-state index is 0.173. The molecule has 0 spiro atoms. The summed E-state index contributed by atoms with van der Waals surface area (Å²) in [4.78, 5) is 1.59. The maximum atomic E-state index is 13.3. The second-order valence-electron chi connectivity index (χ2n) is 3.49. The van der Waals surface area contributed by atoms with E-state index in [1.165, 1.54) is 23.9 Å². The van der Waals surface area contributed by atoms with Gasteiger partial charge >= 0.3 is 0 Å². The Morgan fingerprint density at radius 1 is 1.18 bits per heavy atom. The molecule has 0 fully saturated rings. The number of hydrogen-bond acceptors (Lipinski definition) is 2. The maximum Gasteiger partial charge on any atom is 0.124 e. The van der Waals surface area contributed by atoms with Gasteiger partial charge in [-0.3, -0.25) is 0 Å². The second-order valence-corrected chi connectivity index (χ2v) is 5.01. The molecule has 0 aromatic heterocycles. The first-order valence-corrected chi connectivity index (χ1v) is 6.21. The van der Waals surface area contributed by atoms with Crippen LogP contribution in [0.2, 0.25) is 5.02 Å². The lowest BCUT2D eigenvalue weighted by Crippen LogP contribution is -1.86. The van der Waals surface area contributed by atoms with Gasteiger partial charge in [0.05, 0.1) is 11.6 Å². The minimum atomic E-state index is -0.355. The van der Waals surface area contributed by atoms with Crippen molar-refractivity contribution < 1.29 is 9.50 Å². The molecule has 1 nitrogen and oxygen atoms in total. The lowest BCUT2D eigenvalue weighted by atomic mass is 10.2. The Labute approximate surface area is 108 Å². The Morgan fingerprint density at radius 3 is 2.65 bits per heavy atom. The van der Waals surface area contributed by atoms with Crippen LogP contribution in [-0.2, 0) is 6.61 Å². The molecule has 0 aliphatic carbocycles. The summed E-state index contributed by atoms with van der Waals surface area (Å²) in [7, 11) is 0. The number of benzene rings is 2. The van der Waals surface area contributed by atoms with Crippen molar-refractivity contribution in [3.63, 3.8) is 0 Å². The van der Waals surface area contributed by atoms with Crippen molar-refractivity contribution >= 4 is 23.4 Å². The van der Waals surface area contributed by atoms with Gasteiger partial charge in [-0.25, -0.2) is 4.39 Å². The summed E-state index contributed by atoms with van der Waals surface area (Å²) in [6.07, 6.45) is 0. The zero-order valence-electron chi connectivity index (χ0n) is 8.86. The van der Waals surface area contributed by atoms with Crippen molar-refractivity contribution in [1.29, 1.82) is 0 Å². The number of rotatable bonds is 3. The fourth-order valence-electron chi connectivity index (χ4n) is 1.43. The van der Waals surface area contributed by atoms with E-state index in [0.717, 1.165) is 9.79 Å². The molecule has 0 unspecified atom stereocenters. The van der Waals surface area contributed by atoms with Crippen molar-refractivity contribution in [2.45, 2.75) is 16.4 Å². The van der Waals surface area contributed by atoms with E-state index < -0.39 is 0 Å². The molecular weight excluding hydrogens is 259 g/mol. The summed E-state index contributed by atoms with van der Waals surface area (Å²) in [6.45, 7) is -0.173. The van der Waals surface area contributed by atoms with E-state index in [1.807, 2.05) is 18.2 Å². The van der Waals surface area contributed by atoms with E-state index in [4.69, 9.17) is 16.7 Å². The molecule has 2 aromatic rings. The number of hydrogen-bond donors (Lipinski definition) is 1. The predicted molar refractivity (Wildman–Crippen MR) is 67.9 cm³/mol. The second kappa shape index (κ2) is 5.54. The van der Waals surface area contributed by atoms with Crippen molar-refractivity contribution in [2.24, 2.45) is 0 Å². The monoisotopic (exact) mass is 268 g/mol. The lowest BCUT2D eigenvalue weighted by Gasteiger charge is -2.05. The molecule has 0 amide bonds. The van der Waals surface area contributed by atoms with Crippen molar-refractivity contribution in [1.82, 2.24) is 0 Å². The molecule has 0 heterocycles. The molecule has 2 rings (SSSR count). The van der Waals surface area contributed by atoms with Gasteiger partial charge in [0.2, 0.25) is 0 Å². The smallest absolute Gasteiger partial charge is 0.124 e. The summed E-state index contributed by atoms with van der Waals surface area (Å²) in [5.41, 5.74) is 0.555. The normalized spacial score (nSPS) is 10.5. The number of aliphatic hydroxyl groups excluding tert-OH is 1. The van der Waals surface area contributed by atoms with Crippen LogP contribution in [0, 0.1) is 5.82 Å². The highest BCUT2D eigenvalue weighted by molar-refractivity contribution is 7.99. The molecule has 4 heteroatoms. The van der Waals surface area contributed by atoms with Crippen molar-refractivity contribution in [2.75, 3.05) is 0 Å². The Morgan fingerprint density at radius 2 is 1.94 bits per heavy atom. The first-order valence-electron chi connectivity index (χ1n) is 5.02. The van der Waals surface area contributed by atoms with Gasteiger partial charge in [-0.05, 0) is 35.9 Å². The Balaban J connectivity index is 2.30. The summed E-state index contributed by atoms with van der Waals surface area (Å²) in [5, 5.41) is 9.64. The van der Waals surface area contributed by atoms with Crippen LogP contribution in [0.4, 0.5) is 4.39 Å². The first kappa shape index (κ1) is 12.4. The van der Waals surface area contributed by atoms with Crippen LogP contribution in [0.5, 0.6) is 0 Å². The van der Waals surface area contributed by atoms with E-state index >= 15 is 0 Å². The van der Waals surface area contributed by atoms with E-state index in [-0.39, 0.29) is 12.4 Å². The van der Waals surface area contributed by atoms with Crippen molar-refractivity contribution in [3.05, 3.63) is 58.9 Å². The summed E-state index contributed by atoms with van der Waals surface area (Å²) >= 11 is 7.40. The van der Waals surface area contributed by atoms with E-state index in [0.29, 0.717) is 10.6 Å². The fourth-order valence-corrected chi connectivity index (χ4v) is 2.62. The minimum Gasteiger partial charge on any atom is -0.392 e. The van der Waals surface area contributed by atoms with Gasteiger partial charge in [-0.15, -0.1) is 0 Å². The molecule has 0 bridgehead atoms. The molecule has 0 saturated carbocycles. The molecule has 0 aliphatic heterocycles. The molecule has 2 aromatic carbocycles. The summed E-state index contributed by atoms with van der Waals surface area (Å²) < 4.78 is 13.3. The highest BCUT2D eigenvalue weighted by atomic mass is 35.5. The van der Waals surface area contributed by atoms with Gasteiger partial charge in [-0.1, -0.05) is 35.5 Å². The van der Waals surface area contributed by atoms with Crippen LogP contribution in [0.25, 0.3) is 0 Å². The Hall–Kier alpha value is -1.03. The van der Waals surface area contributed by atoms with Gasteiger partial charge in [0.25, 0.3) is 0 Å². The highest BCUT2D eigenvalue weighted by Gasteiger charge is 2.05. The molecular formula is C13H10ClFOS. The van der Waals surface area contributed by atoms with E-state index in [9.17, 15) is 4.39 Å². The molecule has 1 N–H and O–H groups in total. The molecule has 0 atom stereocenters. The van der Waals surface area contributed by atoms with Crippen LogP contribution >= 0.6 is 23.4 Å². The average molecular weight is 269 g/mol.